The van der Waals surface area contributed by atoms with E-state index in [0.29, 0.717) is 60.0 Å². The summed E-state index contributed by atoms with van der Waals surface area (Å²) in [5.41, 5.74) is 9.58. The first-order valence-corrected chi connectivity index (χ1v) is 26.2. The molecule has 8 heterocycles. The van der Waals surface area contributed by atoms with E-state index in [9.17, 15) is 23.7 Å². The maximum atomic E-state index is 16.0. The molecule has 17 nitrogen and oxygen atoms in total. The van der Waals surface area contributed by atoms with Gasteiger partial charge in [-0.1, -0.05) is 38.1 Å². The number of anilines is 4. The lowest BCUT2D eigenvalue weighted by molar-refractivity contribution is -0.384. The number of likely N-dealkylation sites (tertiary alicyclic amines) is 2. The Balaban J connectivity index is 0.936. The van der Waals surface area contributed by atoms with Gasteiger partial charge in [-0.05, 0) is 73.5 Å². The topological polar surface area (TPSA) is 202 Å². The summed E-state index contributed by atoms with van der Waals surface area (Å²) < 4.78 is 78.5. The van der Waals surface area contributed by atoms with Gasteiger partial charge >= 0.3 is 0 Å². The number of nitrogens with zero attached hydrogens (tertiary/aromatic N) is 6. The van der Waals surface area contributed by atoms with Crippen molar-refractivity contribution in [3.05, 3.63) is 93.7 Å². The highest BCUT2D eigenvalue weighted by Gasteiger charge is 2.56. The van der Waals surface area contributed by atoms with Crippen molar-refractivity contribution in [2.75, 3.05) is 74.2 Å². The molecule has 1 aliphatic carbocycles. The van der Waals surface area contributed by atoms with Gasteiger partial charge in [-0.3, -0.25) is 19.8 Å². The Labute approximate surface area is 409 Å². The predicted octanol–water partition coefficient (Wildman–Crippen LogP) is 7.53. The van der Waals surface area contributed by atoms with Crippen molar-refractivity contribution in [2.24, 2.45) is 11.1 Å². The quantitative estimate of drug-likeness (QED) is 0.0866. The Bertz CT molecular complexity index is 3070. The molecule has 71 heavy (non-hydrogen) atoms. The molecule has 20 heteroatoms. The molecular weight excluding hydrogens is 937 g/mol. The van der Waals surface area contributed by atoms with Crippen LogP contribution in [0.5, 0.6) is 11.6 Å². The standard InChI is InChI=1S/C51H57F2N9O8S/c1-29(2)34-6-3-4-7-35(34)37-8-5-15-60(37)32-21-50(22-32)27-59(28-50)38-10-9-36(47(54)63)45(61-40-18-30-11-14-55-48(30)57-49(40)70-43-26-68-25-41(43)61)46(38)71(66,67)33-19-39(62(64)65)44-42(20-33)69-24-31(56-44)23-58-16-12-51(52,53)13-17-58/h3-4,6-7,9-11,14,18-20,29,31-32,37,41,43,56H,5,8,12-13,15-17,21-28H2,1-2H3,(H2,54,63)(H,55,57)/t31-,37+,41+,43+/m1/s1. The number of halogens is 2. The number of amides is 1. The average molecular weight is 994 g/mol. The second-order valence-electron chi connectivity index (χ2n) is 21.0. The maximum absolute atomic E-state index is 16.0. The normalized spacial score (nSPS) is 24.9. The Morgan fingerprint density at radius 2 is 1.80 bits per heavy atom. The third-order valence-corrected chi connectivity index (χ3v) is 17.9. The highest BCUT2D eigenvalue weighted by Crippen LogP contribution is 2.57. The zero-order valence-electron chi connectivity index (χ0n) is 39.6. The van der Waals surface area contributed by atoms with Crippen molar-refractivity contribution in [1.82, 2.24) is 19.8 Å². The molecule has 7 aliphatic rings. The number of carbonyl (C=O) groups is 1. The van der Waals surface area contributed by atoms with E-state index in [1.54, 1.807) is 23.2 Å². The molecule has 374 valence electrons. The van der Waals surface area contributed by atoms with E-state index in [1.165, 1.54) is 17.2 Å². The number of nitrogens with two attached hydrogens (primary N) is 1. The highest BCUT2D eigenvalue weighted by molar-refractivity contribution is 7.91. The Morgan fingerprint density at radius 3 is 2.56 bits per heavy atom. The van der Waals surface area contributed by atoms with Crippen molar-refractivity contribution < 1.29 is 41.1 Å². The van der Waals surface area contributed by atoms with Crippen LogP contribution in [-0.4, -0.2) is 128 Å². The van der Waals surface area contributed by atoms with Crippen LogP contribution in [0.3, 0.4) is 0 Å². The number of ether oxygens (including phenoxy) is 3. The molecule has 0 unspecified atom stereocenters. The third-order valence-electron chi connectivity index (χ3n) is 16.1. The average Bonchev–Trinajstić information content (AvgIpc) is 4.11. The van der Waals surface area contributed by atoms with Gasteiger partial charge < -0.3 is 44.9 Å². The van der Waals surface area contributed by atoms with Crippen LogP contribution >= 0.6 is 0 Å². The van der Waals surface area contributed by atoms with Crippen molar-refractivity contribution in [3.63, 3.8) is 0 Å². The van der Waals surface area contributed by atoms with E-state index in [1.807, 2.05) is 21.9 Å². The smallest absolute Gasteiger partial charge is 0.297 e. The first-order chi connectivity index (χ1) is 34.1. The largest absolute Gasteiger partial charge is 0.489 e. The van der Waals surface area contributed by atoms with Crippen LogP contribution in [0.1, 0.15) is 85.8 Å². The lowest BCUT2D eigenvalue weighted by Gasteiger charge is -2.62. The SMILES string of the molecule is CC(C)c1ccccc1[C@@H]1CCCN1C1CC2(C1)CN(c1ccc(C(N)=O)c(N3c4cc5cc[nH]c5nc4O[C@H]4COC[C@@H]43)c1S(=O)(=O)c1cc3c(c([N+](=O)[O-])c1)N[C@H](CN1CCC(F)(F)CC1)CO3)C2. The molecular formula is C51H57F2N9O8S. The van der Waals surface area contributed by atoms with E-state index < -0.39 is 55.4 Å². The monoisotopic (exact) mass is 993 g/mol. The van der Waals surface area contributed by atoms with Gasteiger partial charge in [-0.25, -0.2) is 17.2 Å². The van der Waals surface area contributed by atoms with Crippen LogP contribution in [0, 0.1) is 15.5 Å². The van der Waals surface area contributed by atoms with E-state index >= 15 is 8.42 Å². The van der Waals surface area contributed by atoms with E-state index in [4.69, 9.17) is 24.9 Å². The van der Waals surface area contributed by atoms with Crippen LogP contribution in [0.2, 0.25) is 0 Å². The van der Waals surface area contributed by atoms with E-state index in [2.05, 4.69) is 53.3 Å². The van der Waals surface area contributed by atoms with Gasteiger partial charge in [-0.15, -0.1) is 0 Å². The van der Waals surface area contributed by atoms with Gasteiger partial charge in [0.15, 0.2) is 11.4 Å². The summed E-state index contributed by atoms with van der Waals surface area (Å²) in [5, 5.41) is 16.9. The number of fused-ring (bicyclic) bond motifs is 4. The van der Waals surface area contributed by atoms with Gasteiger partial charge in [0.05, 0.1) is 52.1 Å². The molecule has 12 rings (SSSR count). The first kappa shape index (κ1) is 46.0. The highest BCUT2D eigenvalue weighted by atomic mass is 32.2. The second-order valence-corrected chi connectivity index (χ2v) is 22.9. The molecule has 1 saturated carbocycles. The van der Waals surface area contributed by atoms with Gasteiger partial charge in [-0.2, -0.15) is 4.98 Å². The number of rotatable bonds is 11. The number of nitro benzene ring substituents is 1. The molecule has 4 atom stereocenters. The van der Waals surface area contributed by atoms with Gasteiger partial charge in [0.2, 0.25) is 15.7 Å². The summed E-state index contributed by atoms with van der Waals surface area (Å²) in [6, 6.07) is 17.5. The number of nitro groups is 1. The summed E-state index contributed by atoms with van der Waals surface area (Å²) in [5.74, 6) is -3.06. The number of sulfone groups is 1. The molecule has 2 aromatic heterocycles. The summed E-state index contributed by atoms with van der Waals surface area (Å²) in [7, 11) is -4.82. The molecule has 5 fully saturated rings. The Morgan fingerprint density at radius 1 is 1.01 bits per heavy atom. The molecule has 6 aliphatic heterocycles. The van der Waals surface area contributed by atoms with E-state index in [0.717, 1.165) is 38.3 Å². The number of hydrogen-bond acceptors (Lipinski definition) is 14. The minimum Gasteiger partial charge on any atom is -0.489 e. The van der Waals surface area contributed by atoms with Crippen molar-refractivity contribution in [1.29, 1.82) is 0 Å². The molecule has 0 bridgehead atoms. The van der Waals surface area contributed by atoms with Crippen LogP contribution in [0.4, 0.5) is 37.2 Å². The summed E-state index contributed by atoms with van der Waals surface area (Å²) in [6.07, 6.45) is 4.66. The summed E-state index contributed by atoms with van der Waals surface area (Å²) in [4.78, 5) is 41.7. The minimum atomic E-state index is -4.82. The Kier molecular flexibility index (Phi) is 11.0. The number of benzene rings is 3. The maximum Gasteiger partial charge on any atom is 0.297 e. The van der Waals surface area contributed by atoms with Crippen LogP contribution in [0.15, 0.2) is 76.7 Å². The summed E-state index contributed by atoms with van der Waals surface area (Å²) >= 11 is 0. The Hall–Kier alpha value is -6.09. The van der Waals surface area contributed by atoms with Crippen LogP contribution in [-0.2, 0) is 14.6 Å². The number of primary amides is 1. The molecule has 1 amide bonds. The number of aromatic amines is 1. The number of piperidine rings is 1. The lowest BCUT2D eigenvalue weighted by Crippen LogP contribution is -2.66. The predicted molar refractivity (Wildman–Crippen MR) is 261 cm³/mol. The van der Waals surface area contributed by atoms with Crippen molar-refractivity contribution in [2.45, 2.75) is 104 Å². The molecule has 0 radical (unpaired) electrons. The first-order valence-electron chi connectivity index (χ1n) is 24.7. The fraction of sp³-hybridized carbons (Fsp3) is 0.490. The number of hydrogen-bond donors (Lipinski definition) is 3. The molecule has 3 aromatic carbocycles. The van der Waals surface area contributed by atoms with Crippen molar-refractivity contribution >= 4 is 55.2 Å². The van der Waals surface area contributed by atoms with Crippen LogP contribution in [0.25, 0.3) is 11.0 Å². The molecule has 5 aromatic rings. The van der Waals surface area contributed by atoms with Crippen LogP contribution < -0.4 is 30.3 Å². The number of pyridine rings is 1. The number of alkyl halides is 2. The fourth-order valence-electron chi connectivity index (χ4n) is 12.6. The lowest BCUT2D eigenvalue weighted by atomic mass is 9.60. The number of aromatic nitrogens is 2. The molecule has 1 spiro atoms. The van der Waals surface area contributed by atoms with Crippen molar-refractivity contribution in [3.8, 4) is 11.6 Å². The zero-order valence-corrected chi connectivity index (χ0v) is 40.4. The second kappa shape index (κ2) is 17.0. The summed E-state index contributed by atoms with van der Waals surface area (Å²) in [6.45, 7) is 7.50. The van der Waals surface area contributed by atoms with E-state index in [-0.39, 0.29) is 84.6 Å². The third kappa shape index (κ3) is 7.83. The fourth-order valence-corrected chi connectivity index (χ4v) is 14.3. The zero-order chi connectivity index (χ0) is 49.1. The van der Waals surface area contributed by atoms with Gasteiger partial charge in [0.25, 0.3) is 17.5 Å². The van der Waals surface area contributed by atoms with Gasteiger partial charge in [0, 0.05) is 86.8 Å². The number of carbonyl (C=O) groups excluding carboxylic acids is 1. The minimum absolute atomic E-state index is 0.000474. The molecule has 4 saturated heterocycles. The van der Waals surface area contributed by atoms with Gasteiger partial charge in [0.1, 0.15) is 28.9 Å². The molecule has 4 N–H and O–H groups in total. The number of H-pyrrole nitrogens is 1. The number of nitrogens with one attached hydrogen (secondary N) is 2.